The smallest absolute Gasteiger partial charge is 0.237 e. The minimum absolute atomic E-state index is 0.218. The van der Waals surface area contributed by atoms with Crippen molar-refractivity contribution in [2.45, 2.75) is 50.6 Å². The lowest BCUT2D eigenvalue weighted by Gasteiger charge is -2.27. The van der Waals surface area contributed by atoms with Crippen molar-refractivity contribution in [3.63, 3.8) is 0 Å². The van der Waals surface area contributed by atoms with Gasteiger partial charge < -0.3 is 16.0 Å². The molecule has 0 aromatic heterocycles. The summed E-state index contributed by atoms with van der Waals surface area (Å²) in [6.07, 6.45) is 5.35. The molecule has 1 aliphatic rings. The van der Waals surface area contributed by atoms with Gasteiger partial charge in [-0.05, 0) is 59.7 Å². The van der Waals surface area contributed by atoms with E-state index in [4.69, 9.17) is 5.73 Å². The number of rotatable bonds is 8. The van der Waals surface area contributed by atoms with Crippen molar-refractivity contribution in [3.8, 4) is 0 Å². The van der Waals surface area contributed by atoms with Crippen molar-refractivity contribution in [3.05, 3.63) is 0 Å². The molecule has 0 spiro atoms. The molecule has 0 saturated heterocycles. The second-order valence-corrected chi connectivity index (χ2v) is 5.38. The molecule has 0 aromatic carbocycles. The Labute approximate surface area is 98.6 Å². The minimum atomic E-state index is -0.506. The van der Waals surface area contributed by atoms with Crippen molar-refractivity contribution in [1.82, 2.24) is 10.2 Å². The average Bonchev–Trinajstić information content (AvgIpc) is 2.96. The van der Waals surface area contributed by atoms with Gasteiger partial charge in [0.25, 0.3) is 0 Å². The van der Waals surface area contributed by atoms with Crippen molar-refractivity contribution in [2.75, 3.05) is 20.6 Å². The molecule has 1 unspecified atom stereocenters. The monoisotopic (exact) mass is 227 g/mol. The van der Waals surface area contributed by atoms with Gasteiger partial charge in [-0.1, -0.05) is 0 Å². The number of nitrogens with zero attached hydrogens (tertiary/aromatic N) is 1. The van der Waals surface area contributed by atoms with Crippen molar-refractivity contribution in [1.29, 1.82) is 0 Å². The van der Waals surface area contributed by atoms with Crippen LogP contribution in [-0.4, -0.2) is 43.0 Å². The van der Waals surface area contributed by atoms with Gasteiger partial charge in [0.05, 0.1) is 5.54 Å². The first-order chi connectivity index (χ1) is 7.44. The van der Waals surface area contributed by atoms with Gasteiger partial charge in [-0.2, -0.15) is 0 Å². The normalized spacial score (nSPS) is 19.8. The summed E-state index contributed by atoms with van der Waals surface area (Å²) in [5.41, 5.74) is 4.97. The Bertz CT molecular complexity index is 238. The van der Waals surface area contributed by atoms with Crippen molar-refractivity contribution in [2.24, 2.45) is 5.73 Å². The van der Waals surface area contributed by atoms with Crippen molar-refractivity contribution >= 4 is 5.91 Å². The molecule has 0 aromatic rings. The molecule has 4 nitrogen and oxygen atoms in total. The van der Waals surface area contributed by atoms with Gasteiger partial charge in [0.15, 0.2) is 0 Å². The van der Waals surface area contributed by atoms with E-state index in [1.54, 1.807) is 0 Å². The third kappa shape index (κ3) is 4.49. The Kier molecular flexibility index (Phi) is 4.74. The fraction of sp³-hybridized carbons (Fsp3) is 0.917. The van der Waals surface area contributed by atoms with Crippen LogP contribution in [0, 0.1) is 0 Å². The molecule has 0 heterocycles. The number of primary amides is 1. The third-order valence-corrected chi connectivity index (χ3v) is 3.18. The summed E-state index contributed by atoms with van der Waals surface area (Å²) in [5.74, 6) is -0.218. The highest BCUT2D eigenvalue weighted by molar-refractivity contribution is 5.84. The SMILES string of the molecule is CN(C)CCCCC(C)(NC1CC1)C(N)=O. The highest BCUT2D eigenvalue weighted by Crippen LogP contribution is 2.25. The Hall–Kier alpha value is -0.610. The first-order valence-corrected chi connectivity index (χ1v) is 6.16. The Morgan fingerprint density at radius 1 is 1.44 bits per heavy atom. The van der Waals surface area contributed by atoms with Crippen molar-refractivity contribution < 1.29 is 4.79 Å². The fourth-order valence-corrected chi connectivity index (χ4v) is 1.85. The summed E-state index contributed by atoms with van der Waals surface area (Å²) in [6, 6.07) is 0.520. The van der Waals surface area contributed by atoms with Crippen LogP contribution in [0.4, 0.5) is 0 Å². The molecule has 1 saturated carbocycles. The van der Waals surface area contributed by atoms with Gasteiger partial charge in [0.2, 0.25) is 5.91 Å². The zero-order valence-corrected chi connectivity index (χ0v) is 10.8. The van der Waals surface area contributed by atoms with Crippen LogP contribution >= 0.6 is 0 Å². The molecule has 1 atom stereocenters. The molecule has 16 heavy (non-hydrogen) atoms. The second-order valence-electron chi connectivity index (χ2n) is 5.38. The molecule has 0 radical (unpaired) electrons. The molecular formula is C12H25N3O. The van der Waals surface area contributed by atoms with Gasteiger partial charge in [-0.15, -0.1) is 0 Å². The van der Waals surface area contributed by atoms with E-state index in [1.165, 1.54) is 12.8 Å². The quantitative estimate of drug-likeness (QED) is 0.601. The van der Waals surface area contributed by atoms with Crippen LogP contribution in [0.15, 0.2) is 0 Å². The average molecular weight is 227 g/mol. The van der Waals surface area contributed by atoms with E-state index in [2.05, 4.69) is 24.3 Å². The van der Waals surface area contributed by atoms with Gasteiger partial charge in [0.1, 0.15) is 0 Å². The van der Waals surface area contributed by atoms with E-state index < -0.39 is 5.54 Å². The summed E-state index contributed by atoms with van der Waals surface area (Å²) < 4.78 is 0. The van der Waals surface area contributed by atoms with E-state index in [-0.39, 0.29) is 5.91 Å². The number of nitrogens with one attached hydrogen (secondary N) is 1. The van der Waals surface area contributed by atoms with E-state index in [9.17, 15) is 4.79 Å². The lowest BCUT2D eigenvalue weighted by atomic mass is 9.93. The number of hydrogen-bond acceptors (Lipinski definition) is 3. The lowest BCUT2D eigenvalue weighted by Crippen LogP contribution is -2.54. The van der Waals surface area contributed by atoms with Gasteiger partial charge in [-0.3, -0.25) is 4.79 Å². The molecule has 3 N–H and O–H groups in total. The zero-order valence-electron chi connectivity index (χ0n) is 10.8. The summed E-state index contributed by atoms with van der Waals surface area (Å²) in [4.78, 5) is 13.6. The standard InChI is InChI=1S/C12H25N3O/c1-12(11(13)16,14-10-6-7-10)8-4-5-9-15(2)3/h10,14H,4-9H2,1-3H3,(H2,13,16). The van der Waals surface area contributed by atoms with Gasteiger partial charge in [-0.25, -0.2) is 0 Å². The Balaban J connectivity index is 2.29. The molecule has 1 amide bonds. The second kappa shape index (κ2) is 5.64. The van der Waals surface area contributed by atoms with E-state index in [0.717, 1.165) is 25.8 Å². The molecule has 1 aliphatic carbocycles. The van der Waals surface area contributed by atoms with Gasteiger partial charge >= 0.3 is 0 Å². The third-order valence-electron chi connectivity index (χ3n) is 3.18. The Morgan fingerprint density at radius 2 is 2.06 bits per heavy atom. The molecule has 94 valence electrons. The summed E-state index contributed by atoms with van der Waals surface area (Å²) in [7, 11) is 4.13. The topological polar surface area (TPSA) is 58.4 Å². The number of nitrogens with two attached hydrogens (primary N) is 1. The van der Waals surface area contributed by atoms with Crippen LogP contribution in [0.3, 0.4) is 0 Å². The summed E-state index contributed by atoms with van der Waals surface area (Å²) >= 11 is 0. The van der Waals surface area contributed by atoms with E-state index in [0.29, 0.717) is 6.04 Å². The maximum absolute atomic E-state index is 11.5. The largest absolute Gasteiger partial charge is 0.368 e. The van der Waals surface area contributed by atoms with Crippen LogP contribution in [0.5, 0.6) is 0 Å². The molecule has 4 heteroatoms. The number of carbonyl (C=O) groups is 1. The lowest BCUT2D eigenvalue weighted by molar-refractivity contribution is -0.124. The van der Waals surface area contributed by atoms with Crippen LogP contribution in [0.1, 0.15) is 39.0 Å². The Morgan fingerprint density at radius 3 is 2.50 bits per heavy atom. The van der Waals surface area contributed by atoms with E-state index >= 15 is 0 Å². The number of carbonyl (C=O) groups excluding carboxylic acids is 1. The molecular weight excluding hydrogens is 202 g/mol. The molecule has 0 aliphatic heterocycles. The first-order valence-electron chi connectivity index (χ1n) is 6.16. The summed E-state index contributed by atoms with van der Waals surface area (Å²) in [5, 5.41) is 3.37. The van der Waals surface area contributed by atoms with E-state index in [1.807, 2.05) is 6.92 Å². The van der Waals surface area contributed by atoms with Crippen LogP contribution < -0.4 is 11.1 Å². The first kappa shape index (κ1) is 13.5. The molecule has 0 bridgehead atoms. The van der Waals surface area contributed by atoms with Crippen LogP contribution in [0.25, 0.3) is 0 Å². The predicted molar refractivity (Wildman–Crippen MR) is 66.2 cm³/mol. The van der Waals surface area contributed by atoms with Crippen LogP contribution in [-0.2, 0) is 4.79 Å². The molecule has 1 fully saturated rings. The number of unbranched alkanes of at least 4 members (excludes halogenated alkanes) is 1. The highest BCUT2D eigenvalue weighted by Gasteiger charge is 2.36. The zero-order chi connectivity index (χ0) is 12.2. The highest BCUT2D eigenvalue weighted by atomic mass is 16.1. The maximum atomic E-state index is 11.5. The number of hydrogen-bond donors (Lipinski definition) is 2. The maximum Gasteiger partial charge on any atom is 0.237 e. The van der Waals surface area contributed by atoms with Gasteiger partial charge in [0, 0.05) is 6.04 Å². The fourth-order valence-electron chi connectivity index (χ4n) is 1.85. The predicted octanol–water partition coefficient (Wildman–Crippen LogP) is 0.714. The number of amides is 1. The minimum Gasteiger partial charge on any atom is -0.368 e. The van der Waals surface area contributed by atoms with Crippen LogP contribution in [0.2, 0.25) is 0 Å². The summed E-state index contributed by atoms with van der Waals surface area (Å²) in [6.45, 7) is 3.00. The molecule has 1 rings (SSSR count).